The first-order chi connectivity index (χ1) is 22.2. The smallest absolute Gasteiger partial charge is 0.220 e. The monoisotopic (exact) mass is 621 g/mol. The Balaban J connectivity index is 2.00. The summed E-state index contributed by atoms with van der Waals surface area (Å²) >= 11 is 0. The lowest BCUT2D eigenvalue weighted by atomic mass is 10.1. The van der Waals surface area contributed by atoms with Crippen molar-refractivity contribution in [1.29, 1.82) is 0 Å². The van der Waals surface area contributed by atoms with Crippen LogP contribution >= 0.6 is 0 Å². The highest BCUT2D eigenvalue weighted by Gasteiger charge is 2.29. The van der Waals surface area contributed by atoms with Crippen molar-refractivity contribution in [2.45, 2.75) is 174 Å². The summed E-state index contributed by atoms with van der Waals surface area (Å²) in [4.78, 5) is 25.1. The molecule has 2 amide bonds. The number of carbonyl (C=O) groups is 2. The first-order valence-corrected chi connectivity index (χ1v) is 18.7. The molecule has 1 aliphatic rings. The van der Waals surface area contributed by atoms with Crippen LogP contribution in [0.25, 0.3) is 0 Å². The molecular weight excluding hydrogens is 552 g/mol. The van der Waals surface area contributed by atoms with Gasteiger partial charge in [-0.15, -0.1) is 0 Å². The van der Waals surface area contributed by atoms with E-state index in [1.165, 1.54) is 38.5 Å². The second-order valence-electron chi connectivity index (χ2n) is 12.5. The third kappa shape index (κ3) is 26.3. The van der Waals surface area contributed by atoms with Crippen molar-refractivity contribution >= 4 is 11.8 Å². The molecule has 1 saturated carbocycles. The average Bonchev–Trinajstić information content (AvgIpc) is 3.46. The number of nitrogens with one attached hydrogen (secondary N) is 2. The second-order valence-corrected chi connectivity index (χ2v) is 12.5. The van der Waals surface area contributed by atoms with E-state index in [1.54, 1.807) is 0 Å². The Morgan fingerprint density at radius 2 is 0.800 bits per heavy atom. The van der Waals surface area contributed by atoms with Crippen LogP contribution < -0.4 is 10.6 Å². The predicted molar refractivity (Wildman–Crippen MR) is 196 cm³/mol. The van der Waals surface area contributed by atoms with Crippen molar-refractivity contribution in [2.24, 2.45) is 0 Å². The maximum Gasteiger partial charge on any atom is 0.220 e. The summed E-state index contributed by atoms with van der Waals surface area (Å²) < 4.78 is 0. The fourth-order valence-electron chi connectivity index (χ4n) is 5.67. The van der Waals surface area contributed by atoms with Crippen molar-refractivity contribution in [3.05, 3.63) is 72.9 Å². The molecule has 0 aromatic heterocycles. The Labute approximate surface area is 278 Å². The molecule has 0 radical (unpaired) electrons. The van der Waals surface area contributed by atoms with Gasteiger partial charge in [-0.05, 0) is 96.3 Å². The number of hydrogen-bond acceptors (Lipinski definition) is 2. The molecule has 0 unspecified atom stereocenters. The van der Waals surface area contributed by atoms with E-state index in [-0.39, 0.29) is 23.9 Å². The van der Waals surface area contributed by atoms with Crippen LogP contribution in [0.4, 0.5) is 0 Å². The molecule has 0 saturated heterocycles. The van der Waals surface area contributed by atoms with Gasteiger partial charge in [-0.1, -0.05) is 125 Å². The van der Waals surface area contributed by atoms with Gasteiger partial charge in [-0.3, -0.25) is 9.59 Å². The summed E-state index contributed by atoms with van der Waals surface area (Å²) in [7, 11) is 0. The minimum atomic E-state index is 0.0947. The normalized spacial score (nSPS) is 17.4. The van der Waals surface area contributed by atoms with Crippen LogP contribution in [-0.2, 0) is 9.59 Å². The van der Waals surface area contributed by atoms with Gasteiger partial charge in [0.1, 0.15) is 0 Å². The van der Waals surface area contributed by atoms with Gasteiger partial charge in [0, 0.05) is 24.9 Å². The van der Waals surface area contributed by atoms with Crippen LogP contribution in [-0.4, -0.2) is 23.9 Å². The van der Waals surface area contributed by atoms with Crippen molar-refractivity contribution in [1.82, 2.24) is 10.6 Å². The average molecular weight is 621 g/mol. The zero-order valence-corrected chi connectivity index (χ0v) is 29.2. The van der Waals surface area contributed by atoms with Gasteiger partial charge in [-0.25, -0.2) is 0 Å². The molecule has 0 aliphatic heterocycles. The molecule has 4 heteroatoms. The first kappa shape index (κ1) is 40.4. The van der Waals surface area contributed by atoms with Crippen LogP contribution in [0.5, 0.6) is 0 Å². The molecule has 1 fully saturated rings. The van der Waals surface area contributed by atoms with Gasteiger partial charge in [0.25, 0.3) is 0 Å². The number of rotatable bonds is 28. The lowest BCUT2D eigenvalue weighted by Gasteiger charge is -2.22. The van der Waals surface area contributed by atoms with E-state index in [1.807, 2.05) is 0 Å². The summed E-state index contributed by atoms with van der Waals surface area (Å²) in [6, 6.07) is 0.189. The Kier molecular flexibility index (Phi) is 28.2. The van der Waals surface area contributed by atoms with Crippen molar-refractivity contribution < 1.29 is 9.59 Å². The second kappa shape index (κ2) is 31.4. The molecule has 2 atom stereocenters. The van der Waals surface area contributed by atoms with Crippen LogP contribution in [0.2, 0.25) is 0 Å². The molecule has 0 aromatic rings. The number of hydrogen-bond donors (Lipinski definition) is 2. The number of carbonyl (C=O) groups excluding carboxylic acids is 2. The zero-order valence-electron chi connectivity index (χ0n) is 29.2. The van der Waals surface area contributed by atoms with E-state index in [4.69, 9.17) is 0 Å². The lowest BCUT2D eigenvalue weighted by Crippen LogP contribution is -2.48. The minimum Gasteiger partial charge on any atom is -0.351 e. The van der Waals surface area contributed by atoms with E-state index in [9.17, 15) is 9.59 Å². The number of amides is 2. The summed E-state index contributed by atoms with van der Waals surface area (Å²) in [6.07, 6.45) is 51.2. The van der Waals surface area contributed by atoms with Gasteiger partial charge < -0.3 is 10.6 Å². The van der Waals surface area contributed by atoms with E-state index in [2.05, 4.69) is 97.4 Å². The van der Waals surface area contributed by atoms with Crippen LogP contribution in [0.3, 0.4) is 0 Å². The molecule has 45 heavy (non-hydrogen) atoms. The molecule has 254 valence electrons. The van der Waals surface area contributed by atoms with Crippen molar-refractivity contribution in [3.63, 3.8) is 0 Å². The summed E-state index contributed by atoms with van der Waals surface area (Å²) in [5, 5.41) is 6.44. The molecule has 4 nitrogen and oxygen atoms in total. The van der Waals surface area contributed by atoms with Gasteiger partial charge in [0.15, 0.2) is 0 Å². The molecule has 0 bridgehead atoms. The highest BCUT2D eigenvalue weighted by atomic mass is 16.2. The van der Waals surface area contributed by atoms with Crippen LogP contribution in [0.1, 0.15) is 162 Å². The van der Waals surface area contributed by atoms with Crippen molar-refractivity contribution in [3.8, 4) is 0 Å². The predicted octanol–water partition coefficient (Wildman–Crippen LogP) is 11.3. The van der Waals surface area contributed by atoms with Crippen LogP contribution in [0, 0.1) is 0 Å². The van der Waals surface area contributed by atoms with E-state index in [0.29, 0.717) is 12.8 Å². The molecule has 0 spiro atoms. The molecule has 1 aliphatic carbocycles. The van der Waals surface area contributed by atoms with Gasteiger partial charge >= 0.3 is 0 Å². The lowest BCUT2D eigenvalue weighted by molar-refractivity contribution is -0.124. The van der Waals surface area contributed by atoms with E-state index in [0.717, 1.165) is 96.3 Å². The first-order valence-electron chi connectivity index (χ1n) is 18.7. The third-order valence-electron chi connectivity index (χ3n) is 8.32. The highest BCUT2D eigenvalue weighted by Crippen LogP contribution is 2.20. The maximum atomic E-state index is 12.5. The molecule has 1 rings (SSSR count). The number of allylic oxidation sites excluding steroid dienone is 12. The molecule has 0 aromatic carbocycles. The van der Waals surface area contributed by atoms with E-state index >= 15 is 0 Å². The number of unbranched alkanes of at least 4 members (excludes halogenated alkanes) is 10. The standard InChI is InChI=1S/C41H68N2O2/c1-3-5-7-9-11-13-15-17-19-21-23-25-27-29-31-36-40(44)42-38-34-33-35-39(38)43-41(45)37-32-30-28-26-24-22-20-18-16-14-12-10-8-6-4-2/h5-8,11-14,17-20,38-39H,3-4,9-10,15-16,21-37H2,1-2H3,(H,42,44)(H,43,45)/t38-,39+. The highest BCUT2D eigenvalue weighted by molar-refractivity contribution is 5.78. The summed E-state index contributed by atoms with van der Waals surface area (Å²) in [5.74, 6) is 0.293. The molecule has 2 N–H and O–H groups in total. The van der Waals surface area contributed by atoms with Gasteiger partial charge in [0.2, 0.25) is 11.8 Å². The Morgan fingerprint density at radius 3 is 1.20 bits per heavy atom. The summed E-state index contributed by atoms with van der Waals surface area (Å²) in [5.41, 5.74) is 0. The topological polar surface area (TPSA) is 58.2 Å². The SMILES string of the molecule is CCC=CCC=CCC=CCCCCCCCC(=O)N[C@H]1CCC[C@H]1NC(=O)CCCCCCCC=CCC=CCC=CCC. The van der Waals surface area contributed by atoms with Gasteiger partial charge in [0.05, 0.1) is 0 Å². The Morgan fingerprint density at radius 1 is 0.467 bits per heavy atom. The zero-order chi connectivity index (χ0) is 32.5. The molecular formula is C41H68N2O2. The Hall–Kier alpha value is -2.62. The van der Waals surface area contributed by atoms with E-state index < -0.39 is 0 Å². The van der Waals surface area contributed by atoms with Crippen LogP contribution in [0.15, 0.2) is 72.9 Å². The fraction of sp³-hybridized carbons (Fsp3) is 0.659. The van der Waals surface area contributed by atoms with Gasteiger partial charge in [-0.2, -0.15) is 0 Å². The third-order valence-corrected chi connectivity index (χ3v) is 8.32. The molecule has 0 heterocycles. The quantitative estimate of drug-likeness (QED) is 0.0675. The Bertz CT molecular complexity index is 823. The maximum absolute atomic E-state index is 12.5. The fourth-order valence-corrected chi connectivity index (χ4v) is 5.67. The summed E-state index contributed by atoms with van der Waals surface area (Å²) in [6.45, 7) is 4.32. The minimum absolute atomic E-state index is 0.0947. The van der Waals surface area contributed by atoms with Crippen molar-refractivity contribution in [2.75, 3.05) is 0 Å². The largest absolute Gasteiger partial charge is 0.351 e.